The lowest BCUT2D eigenvalue weighted by Gasteiger charge is -2.28. The molecule has 3 saturated heterocycles. The van der Waals surface area contributed by atoms with Crippen molar-refractivity contribution >= 4 is 5.97 Å². The topological polar surface area (TPSA) is 44.8 Å². The Balaban J connectivity index is 1.74. The van der Waals surface area contributed by atoms with Crippen LogP contribution in [0.1, 0.15) is 47.5 Å². The Bertz CT molecular complexity index is 401. The first-order valence-electron chi connectivity index (χ1n) is 7.30. The van der Waals surface area contributed by atoms with Crippen LogP contribution in [0.15, 0.2) is 0 Å². The monoisotopic (exact) mass is 268 g/mol. The van der Waals surface area contributed by atoms with E-state index < -0.39 is 5.41 Å². The molecule has 3 rings (SSSR count). The summed E-state index contributed by atoms with van der Waals surface area (Å²) in [5.74, 6) is 0.303. The molecule has 0 aromatic heterocycles. The van der Waals surface area contributed by atoms with Crippen LogP contribution in [0.5, 0.6) is 0 Å². The molecule has 4 heteroatoms. The van der Waals surface area contributed by atoms with Crippen LogP contribution < -0.4 is 0 Å². The average Bonchev–Trinajstić information content (AvgIpc) is 2.92. The van der Waals surface area contributed by atoms with Gasteiger partial charge in [0.15, 0.2) is 6.10 Å². The Morgan fingerprint density at radius 1 is 1.37 bits per heavy atom. The number of rotatable bonds is 3. The maximum absolute atomic E-state index is 12.2. The molecule has 3 heterocycles. The minimum absolute atomic E-state index is 0.0263. The fourth-order valence-corrected chi connectivity index (χ4v) is 3.48. The zero-order valence-corrected chi connectivity index (χ0v) is 12.4. The normalized spacial score (nSPS) is 42.7. The molecule has 3 fully saturated rings. The van der Waals surface area contributed by atoms with Crippen molar-refractivity contribution in [3.63, 3.8) is 0 Å². The highest BCUT2D eigenvalue weighted by atomic mass is 16.6. The van der Waals surface area contributed by atoms with Gasteiger partial charge < -0.3 is 14.2 Å². The lowest BCUT2D eigenvalue weighted by molar-refractivity contribution is -0.169. The zero-order chi connectivity index (χ0) is 14.0. The van der Waals surface area contributed by atoms with Crippen molar-refractivity contribution in [1.29, 1.82) is 0 Å². The molecule has 3 aliphatic heterocycles. The van der Waals surface area contributed by atoms with Gasteiger partial charge in [-0.2, -0.15) is 0 Å². The molecular formula is C15H24O4. The number of ether oxygens (including phenoxy) is 3. The summed E-state index contributed by atoms with van der Waals surface area (Å²) in [6.45, 7) is 10.1. The Morgan fingerprint density at radius 2 is 2.05 bits per heavy atom. The first kappa shape index (κ1) is 13.4. The Labute approximate surface area is 114 Å². The van der Waals surface area contributed by atoms with Crippen LogP contribution in [-0.2, 0) is 19.0 Å². The summed E-state index contributed by atoms with van der Waals surface area (Å²) in [7, 11) is 0. The predicted molar refractivity (Wildman–Crippen MR) is 69.7 cm³/mol. The van der Waals surface area contributed by atoms with E-state index in [1.165, 1.54) is 0 Å². The molecule has 0 amide bonds. The number of fused-ring (bicyclic) bond motifs is 1. The molecule has 5 unspecified atom stereocenters. The maximum atomic E-state index is 12.2. The molecule has 0 aromatic rings. The molecule has 108 valence electrons. The number of carbonyl (C=O) groups excluding carboxylic acids is 1. The van der Waals surface area contributed by atoms with Gasteiger partial charge in [-0.1, -0.05) is 6.92 Å². The largest absolute Gasteiger partial charge is 0.456 e. The van der Waals surface area contributed by atoms with Gasteiger partial charge in [0.25, 0.3) is 0 Å². The van der Waals surface area contributed by atoms with Crippen molar-refractivity contribution in [3.05, 3.63) is 0 Å². The molecule has 5 atom stereocenters. The van der Waals surface area contributed by atoms with Gasteiger partial charge in [-0.25, -0.2) is 0 Å². The van der Waals surface area contributed by atoms with E-state index >= 15 is 0 Å². The van der Waals surface area contributed by atoms with Crippen molar-refractivity contribution in [1.82, 2.24) is 0 Å². The molecule has 0 N–H and O–H groups in total. The maximum Gasteiger partial charge on any atom is 0.311 e. The highest BCUT2D eigenvalue weighted by Gasteiger charge is 2.66. The van der Waals surface area contributed by atoms with E-state index in [9.17, 15) is 4.79 Å². The fourth-order valence-electron chi connectivity index (χ4n) is 3.48. The molecule has 0 saturated carbocycles. The lowest BCUT2D eigenvalue weighted by Crippen LogP contribution is -2.42. The van der Waals surface area contributed by atoms with Crippen LogP contribution in [0.2, 0.25) is 0 Å². The zero-order valence-electron chi connectivity index (χ0n) is 12.4. The van der Waals surface area contributed by atoms with Crippen molar-refractivity contribution < 1.29 is 19.0 Å². The molecule has 0 radical (unpaired) electrons. The first-order chi connectivity index (χ1) is 8.76. The van der Waals surface area contributed by atoms with E-state index in [0.717, 1.165) is 12.8 Å². The second-order valence-electron chi connectivity index (χ2n) is 7.27. The standard InChI is InChI=1S/C15H24O4/c1-6-14(2,3)13(16)18-11-9-7-8-10(17-9)12(11)19-15(8,4)5/h8-12H,6-7H2,1-5H3. The summed E-state index contributed by atoms with van der Waals surface area (Å²) in [5, 5.41) is 0. The number of hydrogen-bond donors (Lipinski definition) is 0. The SMILES string of the molecule is CCC(C)(C)C(=O)OC1C2CC3C(O2)C1OC3(C)C. The third kappa shape index (κ3) is 1.83. The minimum Gasteiger partial charge on any atom is -0.456 e. The van der Waals surface area contributed by atoms with Gasteiger partial charge in [0.05, 0.1) is 23.2 Å². The van der Waals surface area contributed by atoms with E-state index in [1.54, 1.807) is 0 Å². The van der Waals surface area contributed by atoms with E-state index in [2.05, 4.69) is 13.8 Å². The molecule has 0 aromatic carbocycles. The Hall–Kier alpha value is -0.610. The third-order valence-corrected chi connectivity index (χ3v) is 5.24. The van der Waals surface area contributed by atoms with Crippen LogP contribution in [0, 0.1) is 11.3 Å². The van der Waals surface area contributed by atoms with Gasteiger partial charge in [-0.05, 0) is 40.5 Å². The second kappa shape index (κ2) is 3.95. The van der Waals surface area contributed by atoms with E-state index in [-0.39, 0.29) is 36.0 Å². The molecule has 0 aliphatic carbocycles. The van der Waals surface area contributed by atoms with Gasteiger partial charge in [-0.3, -0.25) is 4.79 Å². The fraction of sp³-hybridized carbons (Fsp3) is 0.933. The van der Waals surface area contributed by atoms with E-state index in [0.29, 0.717) is 5.92 Å². The second-order valence-corrected chi connectivity index (χ2v) is 7.27. The summed E-state index contributed by atoms with van der Waals surface area (Å²) < 4.78 is 17.8. The summed E-state index contributed by atoms with van der Waals surface area (Å²) in [6, 6.07) is 0. The molecule has 2 bridgehead atoms. The summed E-state index contributed by atoms with van der Waals surface area (Å²) >= 11 is 0. The quantitative estimate of drug-likeness (QED) is 0.737. The smallest absolute Gasteiger partial charge is 0.311 e. The van der Waals surface area contributed by atoms with Crippen molar-refractivity contribution in [2.75, 3.05) is 0 Å². The van der Waals surface area contributed by atoms with E-state index in [1.807, 2.05) is 20.8 Å². The van der Waals surface area contributed by atoms with Gasteiger partial charge in [0.2, 0.25) is 0 Å². The molecular weight excluding hydrogens is 244 g/mol. The van der Waals surface area contributed by atoms with Crippen LogP contribution in [0.25, 0.3) is 0 Å². The minimum atomic E-state index is -0.435. The highest BCUT2D eigenvalue weighted by Crippen LogP contribution is 2.54. The Kier molecular flexibility index (Phi) is 2.78. The van der Waals surface area contributed by atoms with Crippen molar-refractivity contribution in [3.8, 4) is 0 Å². The van der Waals surface area contributed by atoms with Crippen molar-refractivity contribution in [2.24, 2.45) is 11.3 Å². The van der Waals surface area contributed by atoms with Gasteiger partial charge in [0, 0.05) is 5.92 Å². The Morgan fingerprint density at radius 3 is 2.68 bits per heavy atom. The molecule has 4 nitrogen and oxygen atoms in total. The van der Waals surface area contributed by atoms with Gasteiger partial charge in [-0.15, -0.1) is 0 Å². The number of hydrogen-bond acceptors (Lipinski definition) is 4. The van der Waals surface area contributed by atoms with Crippen LogP contribution >= 0.6 is 0 Å². The summed E-state index contributed by atoms with van der Waals surface area (Å²) in [4.78, 5) is 12.2. The van der Waals surface area contributed by atoms with Crippen LogP contribution in [-0.4, -0.2) is 36.0 Å². The van der Waals surface area contributed by atoms with Crippen LogP contribution in [0.3, 0.4) is 0 Å². The van der Waals surface area contributed by atoms with Crippen LogP contribution in [0.4, 0.5) is 0 Å². The summed E-state index contributed by atoms with van der Waals surface area (Å²) in [6.07, 6.45) is 1.56. The predicted octanol–water partition coefficient (Wildman–Crippen LogP) is 2.30. The molecule has 3 aliphatic rings. The average molecular weight is 268 g/mol. The number of esters is 1. The van der Waals surface area contributed by atoms with Gasteiger partial charge >= 0.3 is 5.97 Å². The first-order valence-corrected chi connectivity index (χ1v) is 7.30. The third-order valence-electron chi connectivity index (χ3n) is 5.24. The number of carbonyl (C=O) groups is 1. The van der Waals surface area contributed by atoms with Crippen molar-refractivity contribution in [2.45, 2.75) is 77.5 Å². The van der Waals surface area contributed by atoms with Gasteiger partial charge in [0.1, 0.15) is 6.10 Å². The molecule has 19 heavy (non-hydrogen) atoms. The highest BCUT2D eigenvalue weighted by molar-refractivity contribution is 5.76. The van der Waals surface area contributed by atoms with E-state index in [4.69, 9.17) is 14.2 Å². The lowest BCUT2D eigenvalue weighted by atomic mass is 9.80. The summed E-state index contributed by atoms with van der Waals surface area (Å²) in [5.41, 5.74) is -0.596. The molecule has 0 spiro atoms.